The number of allylic oxidation sites excluding steroid dienone is 3. The number of carbonyl (C=O) groups is 2. The number of rotatable bonds is 3. The van der Waals surface area contributed by atoms with Gasteiger partial charge in [-0.25, -0.2) is 4.79 Å². The number of carboxylic acid groups (broad SMARTS) is 1. The Morgan fingerprint density at radius 2 is 2.22 bits per heavy atom. The van der Waals surface area contributed by atoms with Crippen LogP contribution < -0.4 is 0 Å². The largest absolute Gasteiger partial charge is 0.478 e. The summed E-state index contributed by atoms with van der Waals surface area (Å²) in [4.78, 5) is 22.9. The number of aliphatic carboxylic acids is 1. The molecule has 0 aromatic heterocycles. The second-order valence-electron chi connectivity index (χ2n) is 5.93. The minimum atomic E-state index is -0.947. The maximum atomic E-state index is 12.3. The third-order valence-corrected chi connectivity index (χ3v) is 3.48. The molecular formula is C15H22O3. The van der Waals surface area contributed by atoms with Crippen molar-refractivity contribution in [3.8, 4) is 0 Å². The summed E-state index contributed by atoms with van der Waals surface area (Å²) in [6, 6.07) is 0. The molecule has 1 rings (SSSR count). The first-order valence-corrected chi connectivity index (χ1v) is 6.34. The number of carboxylic acids is 1. The lowest BCUT2D eigenvalue weighted by Gasteiger charge is -2.28. The molecule has 3 nitrogen and oxygen atoms in total. The van der Waals surface area contributed by atoms with Gasteiger partial charge in [0.15, 0.2) is 5.78 Å². The zero-order chi connectivity index (χ0) is 13.9. The van der Waals surface area contributed by atoms with Crippen LogP contribution in [0.3, 0.4) is 0 Å². The van der Waals surface area contributed by atoms with Crippen molar-refractivity contribution in [2.24, 2.45) is 11.3 Å². The van der Waals surface area contributed by atoms with Gasteiger partial charge >= 0.3 is 5.97 Å². The monoisotopic (exact) mass is 250 g/mol. The van der Waals surface area contributed by atoms with Crippen molar-refractivity contribution < 1.29 is 14.7 Å². The highest BCUT2D eigenvalue weighted by atomic mass is 16.4. The summed E-state index contributed by atoms with van der Waals surface area (Å²) in [5.41, 5.74) is 1.40. The average Bonchev–Trinajstić information content (AvgIpc) is 2.21. The molecule has 1 N–H and O–H groups in total. The van der Waals surface area contributed by atoms with Crippen LogP contribution in [-0.4, -0.2) is 16.9 Å². The normalized spacial score (nSPS) is 29.8. The van der Waals surface area contributed by atoms with E-state index < -0.39 is 11.4 Å². The molecule has 3 heteroatoms. The van der Waals surface area contributed by atoms with Crippen LogP contribution in [0.25, 0.3) is 0 Å². The zero-order valence-electron chi connectivity index (χ0n) is 11.6. The molecular weight excluding hydrogens is 228 g/mol. The highest BCUT2D eigenvalue weighted by Gasteiger charge is 2.35. The summed E-state index contributed by atoms with van der Waals surface area (Å²) in [5, 5.41) is 8.74. The molecule has 100 valence electrons. The summed E-state index contributed by atoms with van der Waals surface area (Å²) in [6.45, 7) is 7.85. The van der Waals surface area contributed by atoms with Crippen LogP contribution in [0.1, 0.15) is 47.0 Å². The Morgan fingerprint density at radius 1 is 1.61 bits per heavy atom. The highest BCUT2D eigenvalue weighted by molar-refractivity contribution is 5.95. The lowest BCUT2D eigenvalue weighted by atomic mass is 9.74. The van der Waals surface area contributed by atoms with Crippen molar-refractivity contribution in [3.05, 3.63) is 23.3 Å². The minimum Gasteiger partial charge on any atom is -0.478 e. The maximum Gasteiger partial charge on any atom is 0.328 e. The molecule has 1 aliphatic carbocycles. The summed E-state index contributed by atoms with van der Waals surface area (Å²) in [6.07, 6.45) is 5.21. The van der Waals surface area contributed by atoms with Gasteiger partial charge in [0.2, 0.25) is 0 Å². The lowest BCUT2D eigenvalue weighted by molar-refractivity contribution is -0.131. The highest BCUT2D eigenvalue weighted by Crippen LogP contribution is 2.39. The molecule has 0 saturated heterocycles. The Balaban J connectivity index is 2.96. The summed E-state index contributed by atoms with van der Waals surface area (Å²) in [5.74, 6) is -0.366. The van der Waals surface area contributed by atoms with Gasteiger partial charge in [-0.1, -0.05) is 25.0 Å². The molecule has 0 aromatic rings. The van der Waals surface area contributed by atoms with Gasteiger partial charge in [-0.15, -0.1) is 0 Å². The van der Waals surface area contributed by atoms with Crippen molar-refractivity contribution in [2.75, 3.05) is 0 Å². The van der Waals surface area contributed by atoms with Crippen molar-refractivity contribution in [1.82, 2.24) is 0 Å². The quantitative estimate of drug-likeness (QED) is 0.781. The first kappa shape index (κ1) is 14.7. The van der Waals surface area contributed by atoms with Crippen LogP contribution in [0.15, 0.2) is 23.3 Å². The summed E-state index contributed by atoms with van der Waals surface area (Å²) >= 11 is 0. The fourth-order valence-electron chi connectivity index (χ4n) is 2.98. The van der Waals surface area contributed by atoms with E-state index >= 15 is 0 Å². The molecule has 0 bridgehead atoms. The van der Waals surface area contributed by atoms with Crippen molar-refractivity contribution in [2.45, 2.75) is 47.0 Å². The number of hydrogen-bond acceptors (Lipinski definition) is 2. The Bertz CT molecular complexity index is 417. The molecule has 18 heavy (non-hydrogen) atoms. The van der Waals surface area contributed by atoms with Gasteiger partial charge < -0.3 is 5.11 Å². The van der Waals surface area contributed by atoms with E-state index in [-0.39, 0.29) is 5.78 Å². The number of carbonyl (C=O) groups excluding carboxylic acids is 1. The summed E-state index contributed by atoms with van der Waals surface area (Å²) < 4.78 is 0. The van der Waals surface area contributed by atoms with E-state index in [0.717, 1.165) is 24.0 Å². The molecule has 1 aliphatic rings. The van der Waals surface area contributed by atoms with E-state index in [1.165, 1.54) is 6.08 Å². The van der Waals surface area contributed by atoms with E-state index in [1.54, 1.807) is 13.0 Å². The van der Waals surface area contributed by atoms with Crippen LogP contribution >= 0.6 is 0 Å². The maximum absolute atomic E-state index is 12.3. The second-order valence-corrected chi connectivity index (χ2v) is 5.93. The molecule has 0 saturated carbocycles. The first-order valence-electron chi connectivity index (χ1n) is 6.34. The number of ketones is 1. The van der Waals surface area contributed by atoms with Gasteiger partial charge in [-0.3, -0.25) is 4.79 Å². The van der Waals surface area contributed by atoms with E-state index in [0.29, 0.717) is 12.3 Å². The molecule has 0 unspecified atom stereocenters. The molecule has 0 fully saturated rings. The van der Waals surface area contributed by atoms with Gasteiger partial charge in [0, 0.05) is 11.5 Å². The Labute approximate surface area is 109 Å². The van der Waals surface area contributed by atoms with Crippen molar-refractivity contribution >= 4 is 11.8 Å². The van der Waals surface area contributed by atoms with Crippen molar-refractivity contribution in [1.29, 1.82) is 0 Å². The molecule has 0 radical (unpaired) electrons. The SMILES string of the molecule is CC1=CC(=O)[C@](C)(C/C(C)=C\C(=O)O)C[C@@H](C)C1. The van der Waals surface area contributed by atoms with Gasteiger partial charge in [0.25, 0.3) is 0 Å². The lowest BCUT2D eigenvalue weighted by Crippen LogP contribution is -2.28. The third-order valence-electron chi connectivity index (χ3n) is 3.48. The molecule has 0 aromatic carbocycles. The fourth-order valence-corrected chi connectivity index (χ4v) is 2.98. The average molecular weight is 250 g/mol. The molecule has 0 spiro atoms. The van der Waals surface area contributed by atoms with E-state index in [9.17, 15) is 9.59 Å². The molecule has 2 atom stereocenters. The van der Waals surface area contributed by atoms with E-state index in [1.807, 2.05) is 13.8 Å². The Kier molecular flexibility index (Phi) is 4.49. The van der Waals surface area contributed by atoms with Gasteiger partial charge in [-0.2, -0.15) is 0 Å². The Hall–Kier alpha value is -1.38. The molecule has 0 heterocycles. The fraction of sp³-hybridized carbons (Fsp3) is 0.600. The summed E-state index contributed by atoms with van der Waals surface area (Å²) in [7, 11) is 0. The first-order chi connectivity index (χ1) is 8.23. The van der Waals surface area contributed by atoms with Gasteiger partial charge in [-0.05, 0) is 45.1 Å². The Morgan fingerprint density at radius 3 is 2.78 bits per heavy atom. The predicted molar refractivity (Wildman–Crippen MR) is 71.3 cm³/mol. The minimum absolute atomic E-state index is 0.127. The van der Waals surface area contributed by atoms with Crippen LogP contribution in [0, 0.1) is 11.3 Å². The van der Waals surface area contributed by atoms with Crippen LogP contribution in [0.5, 0.6) is 0 Å². The smallest absolute Gasteiger partial charge is 0.328 e. The topological polar surface area (TPSA) is 54.4 Å². The second kappa shape index (κ2) is 5.51. The van der Waals surface area contributed by atoms with Crippen LogP contribution in [0.2, 0.25) is 0 Å². The van der Waals surface area contributed by atoms with E-state index in [2.05, 4.69) is 6.92 Å². The van der Waals surface area contributed by atoms with Crippen molar-refractivity contribution in [3.63, 3.8) is 0 Å². The standard InChI is InChI=1S/C15H22O3/c1-10-5-11(2)8-15(4,13(16)6-10)9-12(3)7-14(17)18/h6-7,11H,5,8-9H2,1-4H3,(H,17,18)/b12-7-/t11-,15-/m0/s1. The predicted octanol–water partition coefficient (Wildman–Crippen LogP) is 3.36. The van der Waals surface area contributed by atoms with E-state index in [4.69, 9.17) is 5.11 Å². The van der Waals surface area contributed by atoms with Gasteiger partial charge in [0.1, 0.15) is 0 Å². The zero-order valence-corrected chi connectivity index (χ0v) is 11.6. The third kappa shape index (κ3) is 3.83. The molecule has 0 aliphatic heterocycles. The molecule has 0 amide bonds. The van der Waals surface area contributed by atoms with Gasteiger partial charge in [0.05, 0.1) is 0 Å². The van der Waals surface area contributed by atoms with Crippen LogP contribution in [0.4, 0.5) is 0 Å². The number of hydrogen-bond donors (Lipinski definition) is 1. The van der Waals surface area contributed by atoms with Crippen LogP contribution in [-0.2, 0) is 9.59 Å².